The first kappa shape index (κ1) is 12.8. The lowest BCUT2D eigenvalue weighted by molar-refractivity contribution is 0.833. The number of fused-ring (bicyclic) bond motifs is 1. The summed E-state index contributed by atoms with van der Waals surface area (Å²) in [4.78, 5) is 8.64. The number of aromatic nitrogens is 1. The van der Waals surface area contributed by atoms with E-state index in [1.807, 2.05) is 38.1 Å². The Morgan fingerprint density at radius 3 is 2.94 bits per heavy atom. The van der Waals surface area contributed by atoms with Gasteiger partial charge < -0.3 is 11.1 Å². The second kappa shape index (κ2) is 5.35. The Morgan fingerprint density at radius 1 is 1.44 bits per heavy atom. The minimum atomic E-state index is 0.162. The third-order valence-electron chi connectivity index (χ3n) is 2.34. The van der Waals surface area contributed by atoms with Crippen LogP contribution in [0, 0.1) is 0 Å². The lowest BCUT2D eigenvalue weighted by atomic mass is 10.2. The molecule has 1 heterocycles. The summed E-state index contributed by atoms with van der Waals surface area (Å²) < 4.78 is 0.955. The van der Waals surface area contributed by atoms with Gasteiger partial charge in [-0.2, -0.15) is 0 Å². The standard InChI is InChI=1S/C13H15BrN4/c1-8(2)17-13(15)18-11-5-3-4-9-6-10(14)7-16-12(9)11/h3-8H,1-2H3,(H3,15,17,18). The fourth-order valence-electron chi connectivity index (χ4n) is 1.68. The number of rotatable bonds is 2. The second-order valence-corrected chi connectivity index (χ2v) is 5.18. The molecule has 0 fully saturated rings. The van der Waals surface area contributed by atoms with Gasteiger partial charge in [-0.1, -0.05) is 12.1 Å². The highest BCUT2D eigenvalue weighted by molar-refractivity contribution is 9.10. The Bertz CT molecular complexity index is 593. The van der Waals surface area contributed by atoms with E-state index in [0.29, 0.717) is 5.96 Å². The average Bonchev–Trinajstić information content (AvgIpc) is 2.27. The molecule has 0 unspecified atom stereocenters. The van der Waals surface area contributed by atoms with Crippen LogP contribution < -0.4 is 11.1 Å². The van der Waals surface area contributed by atoms with Crippen molar-refractivity contribution in [1.29, 1.82) is 0 Å². The van der Waals surface area contributed by atoms with Crippen LogP contribution in [0.15, 0.2) is 39.9 Å². The van der Waals surface area contributed by atoms with Gasteiger partial charge in [0.25, 0.3) is 0 Å². The highest BCUT2D eigenvalue weighted by atomic mass is 79.9. The third kappa shape index (κ3) is 2.98. The second-order valence-electron chi connectivity index (χ2n) is 4.26. The molecule has 1 aromatic carbocycles. The normalized spacial score (nSPS) is 12.1. The predicted octanol–water partition coefficient (Wildman–Crippen LogP) is 3.13. The van der Waals surface area contributed by atoms with Crippen LogP contribution >= 0.6 is 15.9 Å². The minimum Gasteiger partial charge on any atom is -0.370 e. The van der Waals surface area contributed by atoms with Crippen LogP contribution in [0.2, 0.25) is 0 Å². The Labute approximate surface area is 114 Å². The van der Waals surface area contributed by atoms with Crippen LogP contribution in [0.4, 0.5) is 5.69 Å². The summed E-state index contributed by atoms with van der Waals surface area (Å²) in [5, 5.41) is 4.13. The van der Waals surface area contributed by atoms with Crippen LogP contribution in [0.1, 0.15) is 13.8 Å². The molecule has 2 aromatic rings. The Hall–Kier alpha value is -1.62. The summed E-state index contributed by atoms with van der Waals surface area (Å²) in [7, 11) is 0. The van der Waals surface area contributed by atoms with Crippen molar-refractivity contribution in [3.63, 3.8) is 0 Å². The highest BCUT2D eigenvalue weighted by Crippen LogP contribution is 2.23. The van der Waals surface area contributed by atoms with Crippen molar-refractivity contribution >= 4 is 38.5 Å². The van der Waals surface area contributed by atoms with Crippen LogP contribution in [0.5, 0.6) is 0 Å². The fourth-order valence-corrected chi connectivity index (χ4v) is 2.03. The number of hydrogen-bond acceptors (Lipinski definition) is 2. The van der Waals surface area contributed by atoms with E-state index >= 15 is 0 Å². The number of nitrogens with zero attached hydrogens (tertiary/aromatic N) is 2. The van der Waals surface area contributed by atoms with Crippen molar-refractivity contribution in [2.45, 2.75) is 19.9 Å². The van der Waals surface area contributed by atoms with Gasteiger partial charge in [0.2, 0.25) is 0 Å². The first-order valence-electron chi connectivity index (χ1n) is 5.71. The molecule has 0 radical (unpaired) electrons. The molecule has 0 aliphatic carbocycles. The monoisotopic (exact) mass is 306 g/mol. The number of para-hydroxylation sites is 1. The maximum atomic E-state index is 5.83. The first-order valence-corrected chi connectivity index (χ1v) is 6.50. The molecule has 0 aliphatic heterocycles. The summed E-state index contributed by atoms with van der Waals surface area (Å²) in [5.74, 6) is 0.405. The van der Waals surface area contributed by atoms with Gasteiger partial charge in [-0.05, 0) is 41.9 Å². The summed E-state index contributed by atoms with van der Waals surface area (Å²) >= 11 is 3.41. The molecular weight excluding hydrogens is 292 g/mol. The average molecular weight is 307 g/mol. The van der Waals surface area contributed by atoms with E-state index in [-0.39, 0.29) is 6.04 Å². The van der Waals surface area contributed by atoms with Gasteiger partial charge >= 0.3 is 0 Å². The molecule has 1 aromatic heterocycles. The number of guanidine groups is 1. The number of benzene rings is 1. The maximum absolute atomic E-state index is 5.83. The van der Waals surface area contributed by atoms with Crippen molar-refractivity contribution in [2.75, 3.05) is 5.32 Å². The molecule has 0 amide bonds. The minimum absolute atomic E-state index is 0.162. The number of nitrogens with two attached hydrogens (primary N) is 1. The summed E-state index contributed by atoms with van der Waals surface area (Å²) in [6, 6.07) is 8.08. The topological polar surface area (TPSA) is 63.3 Å². The molecule has 0 saturated heterocycles. The third-order valence-corrected chi connectivity index (χ3v) is 2.77. The van der Waals surface area contributed by atoms with Gasteiger partial charge in [-0.3, -0.25) is 9.98 Å². The Morgan fingerprint density at radius 2 is 2.22 bits per heavy atom. The predicted molar refractivity (Wildman–Crippen MR) is 79.8 cm³/mol. The molecule has 18 heavy (non-hydrogen) atoms. The number of nitrogens with one attached hydrogen (secondary N) is 1. The smallest absolute Gasteiger partial charge is 0.193 e. The summed E-state index contributed by atoms with van der Waals surface area (Å²) in [6.45, 7) is 3.96. The molecule has 0 bridgehead atoms. The van der Waals surface area contributed by atoms with Crippen molar-refractivity contribution in [3.8, 4) is 0 Å². The number of hydrogen-bond donors (Lipinski definition) is 2. The molecular formula is C13H15BrN4. The maximum Gasteiger partial charge on any atom is 0.193 e. The van der Waals surface area contributed by atoms with Gasteiger partial charge in [0.05, 0.1) is 11.2 Å². The van der Waals surface area contributed by atoms with Crippen LogP contribution in [0.25, 0.3) is 10.9 Å². The first-order chi connectivity index (χ1) is 8.56. The Kier molecular flexibility index (Phi) is 3.81. The van der Waals surface area contributed by atoms with E-state index < -0.39 is 0 Å². The van der Waals surface area contributed by atoms with E-state index in [1.165, 1.54) is 0 Å². The van der Waals surface area contributed by atoms with E-state index in [1.54, 1.807) is 6.20 Å². The molecule has 3 N–H and O–H groups in total. The molecule has 4 nitrogen and oxygen atoms in total. The van der Waals surface area contributed by atoms with Gasteiger partial charge in [0.1, 0.15) is 0 Å². The number of anilines is 1. The van der Waals surface area contributed by atoms with Crippen LogP contribution in [0.3, 0.4) is 0 Å². The zero-order valence-corrected chi connectivity index (χ0v) is 11.9. The molecule has 2 rings (SSSR count). The van der Waals surface area contributed by atoms with E-state index in [9.17, 15) is 0 Å². The number of aliphatic imine (C=N–C) groups is 1. The number of pyridine rings is 1. The quantitative estimate of drug-likeness (QED) is 0.662. The van der Waals surface area contributed by atoms with Gasteiger partial charge in [0.15, 0.2) is 5.96 Å². The lowest BCUT2D eigenvalue weighted by Gasteiger charge is -2.09. The lowest BCUT2D eigenvalue weighted by Crippen LogP contribution is -2.24. The van der Waals surface area contributed by atoms with Crippen molar-refractivity contribution in [1.82, 2.24) is 4.98 Å². The van der Waals surface area contributed by atoms with E-state index in [4.69, 9.17) is 5.73 Å². The van der Waals surface area contributed by atoms with E-state index in [0.717, 1.165) is 21.1 Å². The Balaban J connectivity index is 2.40. The molecule has 5 heteroatoms. The molecule has 0 aliphatic rings. The molecule has 0 saturated carbocycles. The zero-order chi connectivity index (χ0) is 13.1. The number of halogens is 1. The SMILES string of the molecule is CC(C)N=C(N)Nc1cccc2cc(Br)cnc12. The molecule has 0 spiro atoms. The van der Waals surface area contributed by atoms with Crippen LogP contribution in [-0.2, 0) is 0 Å². The van der Waals surface area contributed by atoms with Crippen molar-refractivity contribution in [3.05, 3.63) is 34.9 Å². The van der Waals surface area contributed by atoms with Crippen molar-refractivity contribution in [2.24, 2.45) is 10.7 Å². The zero-order valence-electron chi connectivity index (χ0n) is 10.3. The van der Waals surface area contributed by atoms with Crippen molar-refractivity contribution < 1.29 is 0 Å². The molecule has 0 atom stereocenters. The summed E-state index contributed by atoms with van der Waals surface area (Å²) in [5.41, 5.74) is 7.57. The fraction of sp³-hybridized carbons (Fsp3) is 0.231. The summed E-state index contributed by atoms with van der Waals surface area (Å²) in [6.07, 6.45) is 1.77. The van der Waals surface area contributed by atoms with Crippen LogP contribution in [-0.4, -0.2) is 17.0 Å². The highest BCUT2D eigenvalue weighted by Gasteiger charge is 2.04. The van der Waals surface area contributed by atoms with E-state index in [2.05, 4.69) is 31.2 Å². The largest absolute Gasteiger partial charge is 0.370 e. The van der Waals surface area contributed by atoms with Gasteiger partial charge in [-0.25, -0.2) is 0 Å². The molecule has 94 valence electrons. The van der Waals surface area contributed by atoms with Gasteiger partial charge in [-0.15, -0.1) is 0 Å². The van der Waals surface area contributed by atoms with Gasteiger partial charge in [0, 0.05) is 22.1 Å².